The number of nitrogens with zero attached hydrogens (tertiary/aromatic N) is 2. The van der Waals surface area contributed by atoms with Crippen molar-refractivity contribution < 1.29 is 14.3 Å². The summed E-state index contributed by atoms with van der Waals surface area (Å²) < 4.78 is 11.7. The van der Waals surface area contributed by atoms with Crippen LogP contribution in [0.3, 0.4) is 0 Å². The van der Waals surface area contributed by atoms with E-state index in [0.29, 0.717) is 33.4 Å². The van der Waals surface area contributed by atoms with Gasteiger partial charge in [0.2, 0.25) is 0 Å². The molecule has 3 aliphatic heterocycles. The summed E-state index contributed by atoms with van der Waals surface area (Å²) in [6, 6.07) is 29.8. The molecule has 1 amide bonds. The van der Waals surface area contributed by atoms with Gasteiger partial charge in [-0.05, 0) is 82.8 Å². The van der Waals surface area contributed by atoms with Crippen LogP contribution in [0.5, 0.6) is 11.5 Å². The molecule has 7 rings (SSSR count). The lowest BCUT2D eigenvalue weighted by Crippen LogP contribution is -2.37. The Hall–Kier alpha value is -4.01. The predicted octanol–water partition coefficient (Wildman–Crippen LogP) is 8.24. The van der Waals surface area contributed by atoms with Crippen molar-refractivity contribution in [3.05, 3.63) is 122 Å². The number of nitrogens with one attached hydrogen (secondary N) is 1. The summed E-state index contributed by atoms with van der Waals surface area (Å²) in [5.74, 6) is 1.62. The highest BCUT2D eigenvalue weighted by atomic mass is 79.9. The summed E-state index contributed by atoms with van der Waals surface area (Å²) in [5, 5.41) is 3.56. The lowest BCUT2D eigenvalue weighted by atomic mass is 9.76. The fraction of sp³-hybridized carbons (Fsp3) is 0.222. The number of methoxy groups -OCH3 is 2. The minimum atomic E-state index is -0.176. The van der Waals surface area contributed by atoms with E-state index < -0.39 is 0 Å². The largest absolute Gasteiger partial charge is 0.493 e. The zero-order chi connectivity index (χ0) is 30.2. The van der Waals surface area contributed by atoms with Crippen LogP contribution in [0.4, 0.5) is 11.4 Å². The average Bonchev–Trinajstić information content (AvgIpc) is 3.40. The lowest BCUT2D eigenvalue weighted by molar-refractivity contribution is -0.115. The summed E-state index contributed by atoms with van der Waals surface area (Å²) in [5.41, 5.74) is 8.33. The SMILES string of the molecule is COc1cc(Br)c(/C=C2\SC(=Nc3cc4c5c(c3)[C@@H](c3ccccc3)CCN5CC[C@@H]4c3ccccc3)NC2=O)cc1OC. The number of aliphatic imine (C=N–C) groups is 1. The van der Waals surface area contributed by atoms with E-state index in [9.17, 15) is 4.79 Å². The first-order chi connectivity index (χ1) is 21.5. The summed E-state index contributed by atoms with van der Waals surface area (Å²) in [7, 11) is 3.20. The smallest absolute Gasteiger partial charge is 0.264 e. The normalized spacial score (nSPS) is 20.9. The van der Waals surface area contributed by atoms with Crippen LogP contribution in [0.15, 0.2) is 99.3 Å². The molecule has 0 bridgehead atoms. The standard InChI is InChI=1S/C36H32BrN3O3S/c1-42-31-17-24(30(37)21-32(31)43-2)18-33-35(41)39-36(44-33)38-25-19-28-26(22-9-5-3-6-10-22)13-15-40-16-14-27(29(20-25)34(28)40)23-11-7-4-8-12-23/h3-12,17-21,26-27H,13-16H2,1-2H3,(H,38,39,41)/b33-18-/t26-,27-/m1/s1. The van der Waals surface area contributed by atoms with Crippen LogP contribution in [0.1, 0.15) is 52.5 Å². The molecular weight excluding hydrogens is 634 g/mol. The Morgan fingerprint density at radius 3 is 2.00 bits per heavy atom. The molecule has 0 radical (unpaired) electrons. The molecule has 222 valence electrons. The fourth-order valence-electron chi connectivity index (χ4n) is 6.62. The van der Waals surface area contributed by atoms with Crippen LogP contribution in [-0.2, 0) is 4.79 Å². The maximum atomic E-state index is 13.1. The van der Waals surface area contributed by atoms with Gasteiger partial charge < -0.3 is 19.7 Å². The van der Waals surface area contributed by atoms with E-state index in [2.05, 4.69) is 98.9 Å². The van der Waals surface area contributed by atoms with Crippen molar-refractivity contribution >= 4 is 56.2 Å². The molecule has 8 heteroatoms. The number of amidine groups is 1. The third-order valence-electron chi connectivity index (χ3n) is 8.67. The van der Waals surface area contributed by atoms with Crippen LogP contribution in [-0.4, -0.2) is 38.4 Å². The Kier molecular flexibility index (Phi) is 7.95. The Labute approximate surface area is 270 Å². The second-order valence-electron chi connectivity index (χ2n) is 11.2. The van der Waals surface area contributed by atoms with Crippen molar-refractivity contribution in [3.63, 3.8) is 0 Å². The number of hydrogen-bond acceptors (Lipinski definition) is 6. The van der Waals surface area contributed by atoms with Gasteiger partial charge in [-0.15, -0.1) is 0 Å². The average molecular weight is 667 g/mol. The number of halogens is 1. The number of carbonyl (C=O) groups excluding carboxylic acids is 1. The molecule has 1 N–H and O–H groups in total. The zero-order valence-corrected chi connectivity index (χ0v) is 27.0. The van der Waals surface area contributed by atoms with Crippen LogP contribution in [0, 0.1) is 0 Å². The molecule has 0 spiro atoms. The van der Waals surface area contributed by atoms with Crippen molar-refractivity contribution in [1.29, 1.82) is 0 Å². The third-order valence-corrected chi connectivity index (χ3v) is 10.3. The van der Waals surface area contributed by atoms with Gasteiger partial charge in [-0.1, -0.05) is 76.6 Å². The number of thioether (sulfide) groups is 1. The van der Waals surface area contributed by atoms with Gasteiger partial charge in [-0.3, -0.25) is 4.79 Å². The quantitative estimate of drug-likeness (QED) is 0.210. The maximum Gasteiger partial charge on any atom is 0.264 e. The molecule has 1 fully saturated rings. The summed E-state index contributed by atoms with van der Waals surface area (Å²) >= 11 is 4.95. The molecule has 2 atom stereocenters. The molecular formula is C36H32BrN3O3S. The van der Waals surface area contributed by atoms with Crippen molar-refractivity contribution in [1.82, 2.24) is 5.32 Å². The van der Waals surface area contributed by atoms with E-state index in [1.807, 2.05) is 18.2 Å². The van der Waals surface area contributed by atoms with E-state index in [4.69, 9.17) is 14.5 Å². The molecule has 0 aliphatic carbocycles. The third kappa shape index (κ3) is 5.41. The van der Waals surface area contributed by atoms with Gasteiger partial charge in [-0.2, -0.15) is 0 Å². The maximum absolute atomic E-state index is 13.1. The lowest BCUT2D eigenvalue weighted by Gasteiger charge is -2.43. The Balaban J connectivity index is 1.29. The molecule has 0 aromatic heterocycles. The van der Waals surface area contributed by atoms with Crippen LogP contribution in [0.2, 0.25) is 0 Å². The second-order valence-corrected chi connectivity index (χ2v) is 13.1. The summed E-state index contributed by atoms with van der Waals surface area (Å²) in [6.45, 7) is 2.08. The van der Waals surface area contributed by atoms with Gasteiger partial charge in [0.15, 0.2) is 16.7 Å². The van der Waals surface area contributed by atoms with Gasteiger partial charge in [0.1, 0.15) is 0 Å². The minimum absolute atomic E-state index is 0.176. The van der Waals surface area contributed by atoms with E-state index in [0.717, 1.165) is 41.7 Å². The molecule has 3 aliphatic rings. The highest BCUT2D eigenvalue weighted by Crippen LogP contribution is 2.50. The van der Waals surface area contributed by atoms with E-state index in [1.165, 1.54) is 39.7 Å². The molecule has 0 saturated carbocycles. The number of carbonyl (C=O) groups is 1. The summed E-state index contributed by atoms with van der Waals surface area (Å²) in [4.78, 5) is 21.3. The van der Waals surface area contributed by atoms with Crippen LogP contribution < -0.4 is 19.7 Å². The monoisotopic (exact) mass is 665 g/mol. The van der Waals surface area contributed by atoms with E-state index >= 15 is 0 Å². The topological polar surface area (TPSA) is 63.2 Å². The van der Waals surface area contributed by atoms with Crippen molar-refractivity contribution in [3.8, 4) is 11.5 Å². The highest BCUT2D eigenvalue weighted by Gasteiger charge is 2.35. The second kappa shape index (κ2) is 12.2. The molecule has 0 unspecified atom stereocenters. The first-order valence-electron chi connectivity index (χ1n) is 14.8. The Morgan fingerprint density at radius 2 is 1.43 bits per heavy atom. The summed E-state index contributed by atoms with van der Waals surface area (Å²) in [6.07, 6.45) is 3.97. The van der Waals surface area contributed by atoms with Crippen LogP contribution in [0.25, 0.3) is 6.08 Å². The van der Waals surface area contributed by atoms with E-state index in [-0.39, 0.29) is 5.91 Å². The van der Waals surface area contributed by atoms with Gasteiger partial charge in [0, 0.05) is 35.1 Å². The predicted molar refractivity (Wildman–Crippen MR) is 183 cm³/mol. The number of ether oxygens (including phenoxy) is 2. The number of anilines is 1. The Morgan fingerprint density at radius 1 is 0.864 bits per heavy atom. The van der Waals surface area contributed by atoms with E-state index in [1.54, 1.807) is 14.2 Å². The highest BCUT2D eigenvalue weighted by molar-refractivity contribution is 9.10. The molecule has 1 saturated heterocycles. The molecule has 4 aromatic carbocycles. The number of rotatable bonds is 6. The number of benzene rings is 4. The van der Waals surface area contributed by atoms with Crippen molar-refractivity contribution in [2.45, 2.75) is 24.7 Å². The van der Waals surface area contributed by atoms with Gasteiger partial charge in [0.25, 0.3) is 5.91 Å². The number of hydrogen-bond donors (Lipinski definition) is 1. The minimum Gasteiger partial charge on any atom is -0.493 e. The van der Waals surface area contributed by atoms with Gasteiger partial charge >= 0.3 is 0 Å². The first kappa shape index (κ1) is 28.7. The molecule has 4 aromatic rings. The molecule has 44 heavy (non-hydrogen) atoms. The zero-order valence-electron chi connectivity index (χ0n) is 24.5. The van der Waals surface area contributed by atoms with Crippen molar-refractivity contribution in [2.75, 3.05) is 32.2 Å². The van der Waals surface area contributed by atoms with Gasteiger partial charge in [-0.25, -0.2) is 4.99 Å². The molecule has 3 heterocycles. The Bertz CT molecular complexity index is 1720. The van der Waals surface area contributed by atoms with Gasteiger partial charge in [0.05, 0.1) is 24.8 Å². The molecule has 6 nitrogen and oxygen atoms in total. The number of amides is 1. The van der Waals surface area contributed by atoms with Crippen molar-refractivity contribution in [2.24, 2.45) is 4.99 Å². The first-order valence-corrected chi connectivity index (χ1v) is 16.4. The fourth-order valence-corrected chi connectivity index (χ4v) is 7.89. The van der Waals surface area contributed by atoms with Crippen LogP contribution >= 0.6 is 27.7 Å².